The van der Waals surface area contributed by atoms with Crippen molar-refractivity contribution in [2.75, 3.05) is 46.4 Å². The molecule has 1 aromatic rings. The molecule has 3 aliphatic rings. The Hall–Kier alpha value is -1.63. The lowest BCUT2D eigenvalue weighted by molar-refractivity contribution is -0.0836. The van der Waals surface area contributed by atoms with Crippen molar-refractivity contribution >= 4 is 5.96 Å². The van der Waals surface area contributed by atoms with Crippen molar-refractivity contribution in [1.29, 1.82) is 0 Å². The fourth-order valence-corrected chi connectivity index (χ4v) is 5.51. The highest BCUT2D eigenvalue weighted by atomic mass is 16.5. The maximum atomic E-state index is 6.17. The predicted molar refractivity (Wildman–Crippen MR) is 125 cm³/mol. The monoisotopic (exact) mass is 428 g/mol. The first-order valence-electron chi connectivity index (χ1n) is 11.9. The number of fused-ring (bicyclic) bond motifs is 1. The molecular weight excluding hydrogens is 388 g/mol. The molecule has 1 N–H and O–H groups in total. The molecule has 31 heavy (non-hydrogen) atoms. The molecule has 6 nitrogen and oxygen atoms in total. The molecular formula is C25H40N4O2. The summed E-state index contributed by atoms with van der Waals surface area (Å²) in [5, 5.41) is 3.68. The first kappa shape index (κ1) is 22.6. The van der Waals surface area contributed by atoms with Gasteiger partial charge in [-0.2, -0.15) is 0 Å². The van der Waals surface area contributed by atoms with Gasteiger partial charge >= 0.3 is 0 Å². The number of guanidine groups is 1. The molecule has 4 unspecified atom stereocenters. The number of morpholine rings is 1. The van der Waals surface area contributed by atoms with Gasteiger partial charge in [0, 0.05) is 52.3 Å². The second kappa shape index (κ2) is 9.88. The lowest BCUT2D eigenvalue weighted by atomic mass is 9.78. The van der Waals surface area contributed by atoms with Crippen molar-refractivity contribution in [3.8, 4) is 0 Å². The number of hydrogen-bond acceptors (Lipinski definition) is 4. The largest absolute Gasteiger partial charge is 0.377 e. The van der Waals surface area contributed by atoms with Gasteiger partial charge in [0.05, 0.1) is 24.9 Å². The Bertz CT molecular complexity index is 733. The molecule has 0 spiro atoms. The summed E-state index contributed by atoms with van der Waals surface area (Å²) in [6.07, 6.45) is 2.90. The summed E-state index contributed by atoms with van der Waals surface area (Å²) in [5.74, 6) is 1.51. The molecule has 0 saturated carbocycles. The molecule has 3 heterocycles. The van der Waals surface area contributed by atoms with E-state index < -0.39 is 0 Å². The Kier molecular flexibility index (Phi) is 7.19. The van der Waals surface area contributed by atoms with Crippen LogP contribution in [-0.2, 0) is 16.0 Å². The topological polar surface area (TPSA) is 49.3 Å². The van der Waals surface area contributed by atoms with E-state index in [0.717, 1.165) is 58.3 Å². The molecule has 1 aromatic carbocycles. The van der Waals surface area contributed by atoms with Crippen LogP contribution in [0.3, 0.4) is 0 Å². The Balaban J connectivity index is 1.36. The third-order valence-corrected chi connectivity index (χ3v) is 6.98. The fourth-order valence-electron chi connectivity index (χ4n) is 5.51. The lowest BCUT2D eigenvalue weighted by Crippen LogP contribution is -2.50. The van der Waals surface area contributed by atoms with Crippen LogP contribution >= 0.6 is 0 Å². The van der Waals surface area contributed by atoms with E-state index in [1.54, 1.807) is 0 Å². The van der Waals surface area contributed by atoms with Gasteiger partial charge in [0.2, 0.25) is 0 Å². The van der Waals surface area contributed by atoms with Crippen LogP contribution < -0.4 is 5.32 Å². The standard InChI is InChI=1S/C25H40N4O2/c1-25(2,3)23-20(11-8-13-31-23)15-27-24(26-4)29-17-21-22(18-29)30-14-12-28(21)16-19-9-6-5-7-10-19/h5-7,9-10,20-23H,8,11-18H2,1-4H3,(H,26,27). The number of ether oxygens (including phenoxy) is 2. The Morgan fingerprint density at radius 2 is 1.94 bits per heavy atom. The van der Waals surface area contributed by atoms with Crippen LogP contribution in [0.25, 0.3) is 0 Å². The normalized spacial score (nSPS) is 30.3. The first-order valence-corrected chi connectivity index (χ1v) is 11.9. The van der Waals surface area contributed by atoms with Crippen molar-refractivity contribution in [3.63, 3.8) is 0 Å². The van der Waals surface area contributed by atoms with E-state index >= 15 is 0 Å². The molecule has 4 atom stereocenters. The minimum absolute atomic E-state index is 0.157. The zero-order valence-corrected chi connectivity index (χ0v) is 19.7. The number of rotatable bonds is 4. The molecule has 0 radical (unpaired) electrons. The van der Waals surface area contributed by atoms with Crippen LogP contribution in [0.5, 0.6) is 0 Å². The molecule has 172 valence electrons. The lowest BCUT2D eigenvalue weighted by Gasteiger charge is -2.40. The molecule has 4 rings (SSSR count). The fraction of sp³-hybridized carbons (Fsp3) is 0.720. The summed E-state index contributed by atoms with van der Waals surface area (Å²) >= 11 is 0. The predicted octanol–water partition coefficient (Wildman–Crippen LogP) is 2.99. The maximum absolute atomic E-state index is 6.17. The number of hydrogen-bond donors (Lipinski definition) is 1. The first-order chi connectivity index (χ1) is 15.0. The number of benzene rings is 1. The van der Waals surface area contributed by atoms with Gasteiger partial charge in [-0.25, -0.2) is 0 Å². The summed E-state index contributed by atoms with van der Waals surface area (Å²) in [7, 11) is 1.89. The van der Waals surface area contributed by atoms with Crippen molar-refractivity contribution in [2.24, 2.45) is 16.3 Å². The molecule has 3 aliphatic heterocycles. The number of nitrogens with one attached hydrogen (secondary N) is 1. The van der Waals surface area contributed by atoms with Crippen LogP contribution in [0.1, 0.15) is 39.2 Å². The van der Waals surface area contributed by atoms with E-state index in [4.69, 9.17) is 9.47 Å². The molecule has 0 bridgehead atoms. The van der Waals surface area contributed by atoms with E-state index in [0.29, 0.717) is 12.0 Å². The summed E-state index contributed by atoms with van der Waals surface area (Å²) in [4.78, 5) is 9.59. The van der Waals surface area contributed by atoms with E-state index in [2.05, 4.69) is 71.2 Å². The van der Waals surface area contributed by atoms with Crippen molar-refractivity contribution in [2.45, 2.75) is 58.4 Å². The molecule has 0 aromatic heterocycles. The molecule has 3 fully saturated rings. The Morgan fingerprint density at radius 3 is 2.68 bits per heavy atom. The van der Waals surface area contributed by atoms with Crippen LogP contribution in [0.2, 0.25) is 0 Å². The molecule has 0 amide bonds. The summed E-state index contributed by atoms with van der Waals surface area (Å²) < 4.78 is 12.3. The molecule has 3 saturated heterocycles. The average Bonchev–Trinajstić information content (AvgIpc) is 3.20. The third-order valence-electron chi connectivity index (χ3n) is 6.98. The number of aliphatic imine (C=N–C) groups is 1. The maximum Gasteiger partial charge on any atom is 0.193 e. The second-order valence-corrected chi connectivity index (χ2v) is 10.3. The van der Waals surface area contributed by atoms with Crippen molar-refractivity contribution in [1.82, 2.24) is 15.1 Å². The van der Waals surface area contributed by atoms with Gasteiger partial charge in [-0.3, -0.25) is 9.89 Å². The Labute approximate surface area is 188 Å². The minimum Gasteiger partial charge on any atom is -0.377 e. The van der Waals surface area contributed by atoms with Crippen molar-refractivity contribution < 1.29 is 9.47 Å². The highest BCUT2D eigenvalue weighted by molar-refractivity contribution is 5.80. The zero-order valence-electron chi connectivity index (χ0n) is 19.7. The second-order valence-electron chi connectivity index (χ2n) is 10.3. The highest BCUT2D eigenvalue weighted by Gasteiger charge is 2.41. The summed E-state index contributed by atoms with van der Waals surface area (Å²) in [5.41, 5.74) is 1.53. The van der Waals surface area contributed by atoms with E-state index in [-0.39, 0.29) is 17.6 Å². The van der Waals surface area contributed by atoms with Crippen LogP contribution in [-0.4, -0.2) is 80.4 Å². The number of likely N-dealkylation sites (tertiary alicyclic amines) is 1. The van der Waals surface area contributed by atoms with E-state index in [9.17, 15) is 0 Å². The van der Waals surface area contributed by atoms with Crippen LogP contribution in [0.4, 0.5) is 0 Å². The Morgan fingerprint density at radius 1 is 1.13 bits per heavy atom. The van der Waals surface area contributed by atoms with E-state index in [1.165, 1.54) is 12.0 Å². The summed E-state index contributed by atoms with van der Waals surface area (Å²) in [6.45, 7) is 13.3. The van der Waals surface area contributed by atoms with E-state index in [1.807, 2.05) is 7.05 Å². The smallest absolute Gasteiger partial charge is 0.193 e. The molecule has 6 heteroatoms. The number of nitrogens with zero attached hydrogens (tertiary/aromatic N) is 3. The van der Waals surface area contributed by atoms with Gasteiger partial charge in [-0.05, 0) is 23.8 Å². The van der Waals surface area contributed by atoms with Crippen LogP contribution in [0, 0.1) is 11.3 Å². The zero-order chi connectivity index (χ0) is 21.8. The van der Waals surface area contributed by atoms with Gasteiger partial charge in [0.1, 0.15) is 0 Å². The van der Waals surface area contributed by atoms with Gasteiger partial charge in [-0.15, -0.1) is 0 Å². The third kappa shape index (κ3) is 5.41. The van der Waals surface area contributed by atoms with Gasteiger partial charge < -0.3 is 19.7 Å². The molecule has 0 aliphatic carbocycles. The van der Waals surface area contributed by atoms with Gasteiger partial charge in [0.25, 0.3) is 0 Å². The minimum atomic E-state index is 0.157. The highest BCUT2D eigenvalue weighted by Crippen LogP contribution is 2.34. The average molecular weight is 429 g/mol. The van der Waals surface area contributed by atoms with Crippen LogP contribution in [0.15, 0.2) is 35.3 Å². The van der Waals surface area contributed by atoms with Gasteiger partial charge in [0.15, 0.2) is 5.96 Å². The summed E-state index contributed by atoms with van der Waals surface area (Å²) in [6, 6.07) is 11.2. The van der Waals surface area contributed by atoms with Gasteiger partial charge in [-0.1, -0.05) is 51.1 Å². The SMILES string of the molecule is CN=C(NCC1CCCOC1C(C)(C)C)N1CC2OCCN(Cc3ccccc3)C2C1. The van der Waals surface area contributed by atoms with Crippen molar-refractivity contribution in [3.05, 3.63) is 35.9 Å². The quantitative estimate of drug-likeness (QED) is 0.590.